The summed E-state index contributed by atoms with van der Waals surface area (Å²) >= 11 is 12.5. The molecule has 2 aromatic heterocycles. The van der Waals surface area contributed by atoms with E-state index in [9.17, 15) is 13.8 Å². The first-order chi connectivity index (χ1) is 19.7. The molecule has 2 N–H and O–H groups in total. The molecular weight excluding hydrogens is 591 g/mol. The second-order valence-electron chi connectivity index (χ2n) is 8.59. The lowest BCUT2D eigenvalue weighted by atomic mass is 10.0. The van der Waals surface area contributed by atoms with Crippen LogP contribution in [-0.2, 0) is 20.3 Å². The topological polar surface area (TPSA) is 154 Å². The number of nitrogens with zero attached hydrogens (tertiary/aromatic N) is 6. The molecule has 15 heteroatoms. The van der Waals surface area contributed by atoms with Crippen LogP contribution in [0.5, 0.6) is 0 Å². The van der Waals surface area contributed by atoms with Crippen molar-refractivity contribution in [1.82, 2.24) is 35.7 Å². The maximum absolute atomic E-state index is 13.0. The Morgan fingerprint density at radius 3 is 2.59 bits per heavy atom. The van der Waals surface area contributed by atoms with Crippen LogP contribution in [0.1, 0.15) is 23.7 Å². The first kappa shape index (κ1) is 29.8. The van der Waals surface area contributed by atoms with Gasteiger partial charge < -0.3 is 10.1 Å². The van der Waals surface area contributed by atoms with Gasteiger partial charge in [0.25, 0.3) is 0 Å². The highest BCUT2D eigenvalue weighted by atomic mass is 35.5. The lowest BCUT2D eigenvalue weighted by Crippen LogP contribution is -2.29. The van der Waals surface area contributed by atoms with Crippen LogP contribution in [-0.4, -0.2) is 65.7 Å². The van der Waals surface area contributed by atoms with Gasteiger partial charge in [0.1, 0.15) is 6.33 Å². The second-order valence-corrected chi connectivity index (χ2v) is 10.9. The molecule has 0 radical (unpaired) electrons. The zero-order valence-corrected chi connectivity index (χ0v) is 24.2. The lowest BCUT2D eigenvalue weighted by Gasteiger charge is -2.18. The van der Waals surface area contributed by atoms with E-state index >= 15 is 0 Å². The molecule has 2 heterocycles. The van der Waals surface area contributed by atoms with Crippen LogP contribution in [0.15, 0.2) is 60.9 Å². The smallest absolute Gasteiger partial charge is 0.411 e. The Morgan fingerprint density at radius 1 is 1.12 bits per heavy atom. The number of carbonyl (C=O) groups is 2. The molecule has 0 aliphatic rings. The quantitative estimate of drug-likeness (QED) is 0.249. The van der Waals surface area contributed by atoms with E-state index in [1.807, 2.05) is 0 Å². The van der Waals surface area contributed by atoms with E-state index in [2.05, 4.69) is 41.1 Å². The first-order valence-corrected chi connectivity index (χ1v) is 14.5. The van der Waals surface area contributed by atoms with Gasteiger partial charge in [0.05, 0.1) is 24.5 Å². The van der Waals surface area contributed by atoms with Gasteiger partial charge in [-0.3, -0.25) is 14.3 Å². The summed E-state index contributed by atoms with van der Waals surface area (Å²) in [5.41, 5.74) is 3.49. The Morgan fingerprint density at radius 2 is 1.90 bits per heavy atom. The molecule has 2 aromatic carbocycles. The molecule has 4 aromatic rings. The average molecular weight is 616 g/mol. The number of hydrogen-bond donors (Lipinski definition) is 2. The predicted octanol–water partition coefficient (Wildman–Crippen LogP) is 4.24. The van der Waals surface area contributed by atoms with Crippen molar-refractivity contribution in [2.45, 2.75) is 12.5 Å². The number of carbonyl (C=O) groups excluding carboxylic acids is 2. The van der Waals surface area contributed by atoms with Crippen LogP contribution >= 0.6 is 23.2 Å². The summed E-state index contributed by atoms with van der Waals surface area (Å²) in [4.78, 5) is 24.5. The van der Waals surface area contributed by atoms with Crippen LogP contribution in [0.25, 0.3) is 22.9 Å². The molecule has 0 spiro atoms. The molecule has 0 aliphatic carbocycles. The number of amides is 2. The molecule has 2 unspecified atom stereocenters. The Labute approximate surface area is 247 Å². The maximum atomic E-state index is 13.0. The number of tetrazole rings is 1. The van der Waals surface area contributed by atoms with Crippen LogP contribution < -0.4 is 10.6 Å². The summed E-state index contributed by atoms with van der Waals surface area (Å²) < 4.78 is 17.9. The van der Waals surface area contributed by atoms with Gasteiger partial charge >= 0.3 is 6.09 Å². The van der Waals surface area contributed by atoms with Crippen molar-refractivity contribution in [1.29, 1.82) is 0 Å². The molecule has 0 bridgehead atoms. The highest BCUT2D eigenvalue weighted by Gasteiger charge is 2.19. The number of rotatable bonds is 10. The van der Waals surface area contributed by atoms with E-state index in [1.54, 1.807) is 60.9 Å². The molecule has 12 nitrogen and oxygen atoms in total. The summed E-state index contributed by atoms with van der Waals surface area (Å²) in [6, 6.07) is 13.1. The zero-order chi connectivity index (χ0) is 29.4. The van der Waals surface area contributed by atoms with Crippen molar-refractivity contribution in [3.8, 4) is 16.8 Å². The van der Waals surface area contributed by atoms with E-state index in [1.165, 1.54) is 24.2 Å². The number of anilines is 1. The standard InChI is InChI=1S/C26H24Cl2N8O4S/c1-40-26(38)30-19-7-3-16(4-8-19)20-14-22(32-33-25(20)28)21(11-12-41(2)39)31-24(37)10-5-17-13-18(27)6-9-23(17)36-15-29-34-35-36/h3-10,13-15,21H,11-12H2,1-2H3,(H,30,38)(H,31,37). The molecule has 0 saturated carbocycles. The Hall–Kier alpha value is -4.20. The minimum Gasteiger partial charge on any atom is -0.453 e. The Bertz CT molecular complexity index is 1580. The van der Waals surface area contributed by atoms with Gasteiger partial charge in [-0.05, 0) is 64.9 Å². The van der Waals surface area contributed by atoms with Crippen LogP contribution in [0.3, 0.4) is 0 Å². The largest absolute Gasteiger partial charge is 0.453 e. The third kappa shape index (κ3) is 8.16. The molecule has 212 valence electrons. The fourth-order valence-electron chi connectivity index (χ4n) is 3.77. The van der Waals surface area contributed by atoms with Crippen molar-refractivity contribution in [2.24, 2.45) is 0 Å². The molecule has 4 rings (SSSR count). The van der Waals surface area contributed by atoms with E-state index in [0.29, 0.717) is 51.0 Å². The number of aromatic nitrogens is 6. The lowest BCUT2D eigenvalue weighted by molar-refractivity contribution is -0.117. The van der Waals surface area contributed by atoms with E-state index in [0.717, 1.165) is 0 Å². The van der Waals surface area contributed by atoms with Crippen LogP contribution in [0.4, 0.5) is 10.5 Å². The Kier molecular flexibility index (Phi) is 10.1. The van der Waals surface area contributed by atoms with Gasteiger partial charge in [-0.2, -0.15) is 9.78 Å². The highest BCUT2D eigenvalue weighted by Crippen LogP contribution is 2.30. The highest BCUT2D eigenvalue weighted by molar-refractivity contribution is 7.84. The van der Waals surface area contributed by atoms with Gasteiger partial charge in [0.15, 0.2) is 5.15 Å². The molecule has 0 aliphatic heterocycles. The van der Waals surface area contributed by atoms with Gasteiger partial charge in [-0.1, -0.05) is 35.3 Å². The summed E-state index contributed by atoms with van der Waals surface area (Å²) in [5, 5.41) is 25.6. The number of hydrogen-bond acceptors (Lipinski definition) is 9. The normalized spacial score (nSPS) is 12.6. The second kappa shape index (κ2) is 13.9. The minimum atomic E-state index is -1.11. The number of methoxy groups -OCH3 is 1. The number of ether oxygens (including phenoxy) is 1. The predicted molar refractivity (Wildman–Crippen MR) is 156 cm³/mol. The number of halogens is 2. The van der Waals surface area contributed by atoms with Gasteiger partial charge in [0, 0.05) is 50.7 Å². The molecular formula is C26H24Cl2N8O4S. The fourth-order valence-corrected chi connectivity index (χ4v) is 4.72. The molecule has 2 amide bonds. The van der Waals surface area contributed by atoms with Gasteiger partial charge in [-0.25, -0.2) is 4.79 Å². The van der Waals surface area contributed by atoms with Crippen molar-refractivity contribution in [2.75, 3.05) is 24.4 Å². The summed E-state index contributed by atoms with van der Waals surface area (Å²) in [7, 11) is 0.166. The maximum Gasteiger partial charge on any atom is 0.411 e. The number of nitrogens with one attached hydrogen (secondary N) is 2. The molecule has 41 heavy (non-hydrogen) atoms. The van der Waals surface area contributed by atoms with Crippen molar-refractivity contribution >= 4 is 57.8 Å². The van der Waals surface area contributed by atoms with Crippen molar-refractivity contribution in [3.05, 3.63) is 82.4 Å². The van der Waals surface area contributed by atoms with Crippen LogP contribution in [0.2, 0.25) is 10.2 Å². The number of benzene rings is 2. The van der Waals surface area contributed by atoms with Crippen molar-refractivity contribution < 1.29 is 18.5 Å². The average Bonchev–Trinajstić information content (AvgIpc) is 3.50. The summed E-state index contributed by atoms with van der Waals surface area (Å²) in [6.07, 6.45) is 5.71. The van der Waals surface area contributed by atoms with E-state index in [-0.39, 0.29) is 5.15 Å². The fraction of sp³-hybridized carbons (Fsp3) is 0.192. The molecule has 0 saturated heterocycles. The molecule has 0 fully saturated rings. The molecule has 2 atom stereocenters. The Balaban J connectivity index is 1.57. The van der Waals surface area contributed by atoms with Crippen LogP contribution in [0, 0.1) is 0 Å². The van der Waals surface area contributed by atoms with E-state index < -0.39 is 28.8 Å². The summed E-state index contributed by atoms with van der Waals surface area (Å²) in [6.45, 7) is 0. The third-order valence-electron chi connectivity index (χ3n) is 5.76. The SMILES string of the molecule is COC(=O)Nc1ccc(-c2cc(C(CCS(C)=O)NC(=O)C=Cc3cc(Cl)ccc3-n3cnnn3)nnc2Cl)cc1. The van der Waals surface area contributed by atoms with Gasteiger partial charge in [-0.15, -0.1) is 10.2 Å². The monoisotopic (exact) mass is 614 g/mol. The van der Waals surface area contributed by atoms with Crippen molar-refractivity contribution in [3.63, 3.8) is 0 Å². The minimum absolute atomic E-state index is 0.155. The van der Waals surface area contributed by atoms with E-state index in [4.69, 9.17) is 23.2 Å². The zero-order valence-electron chi connectivity index (χ0n) is 21.8. The third-order valence-corrected chi connectivity index (χ3v) is 7.09. The summed E-state index contributed by atoms with van der Waals surface area (Å²) in [5.74, 6) is -0.101. The van der Waals surface area contributed by atoms with Gasteiger partial charge in [0.2, 0.25) is 5.91 Å². The first-order valence-electron chi connectivity index (χ1n) is 12.0.